The number of rotatable bonds is 6. The molecule has 25 heavy (non-hydrogen) atoms. The van der Waals surface area contributed by atoms with Gasteiger partial charge >= 0.3 is 0 Å². The molecule has 0 aliphatic carbocycles. The Morgan fingerprint density at radius 3 is 2.36 bits per heavy atom. The number of amides is 1. The largest absolute Gasteiger partial charge is 0.276 e. The van der Waals surface area contributed by atoms with E-state index in [9.17, 15) is 13.2 Å². The second kappa shape index (κ2) is 8.16. The van der Waals surface area contributed by atoms with Crippen LogP contribution in [0.1, 0.15) is 15.9 Å². The summed E-state index contributed by atoms with van der Waals surface area (Å²) in [5, 5.41) is -0.0519. The lowest BCUT2D eigenvalue weighted by atomic mass is 10.2. The minimum absolute atomic E-state index is 0.0171. The summed E-state index contributed by atoms with van der Waals surface area (Å²) in [5.74, 6) is -0.673. The highest BCUT2D eigenvalue weighted by Crippen LogP contribution is 2.30. The number of halogens is 2. The average molecular weight is 403 g/mol. The van der Waals surface area contributed by atoms with Crippen LogP contribution in [0.25, 0.3) is 0 Å². The van der Waals surface area contributed by atoms with Gasteiger partial charge in [0.15, 0.2) is 0 Å². The normalized spacial score (nSPS) is 11.6. The van der Waals surface area contributed by atoms with Gasteiger partial charge in [-0.25, -0.2) is 18.2 Å². The van der Waals surface area contributed by atoms with E-state index in [-0.39, 0.29) is 27.1 Å². The van der Waals surface area contributed by atoms with Crippen LogP contribution in [0.4, 0.5) is 0 Å². The zero-order valence-electron chi connectivity index (χ0n) is 13.5. The van der Waals surface area contributed by atoms with Crippen molar-refractivity contribution in [3.8, 4) is 0 Å². The molecule has 6 nitrogen and oxygen atoms in total. The number of benzene rings is 2. The van der Waals surface area contributed by atoms with E-state index in [0.29, 0.717) is 0 Å². The van der Waals surface area contributed by atoms with Crippen LogP contribution in [0.15, 0.2) is 47.4 Å². The maximum Gasteiger partial charge on any atom is 0.276 e. The summed E-state index contributed by atoms with van der Waals surface area (Å²) in [5.41, 5.74) is 3.05. The molecule has 1 amide bonds. The fourth-order valence-electron chi connectivity index (χ4n) is 1.91. The smallest absolute Gasteiger partial charge is 0.269 e. The van der Waals surface area contributed by atoms with Crippen LogP contribution in [0.5, 0.6) is 0 Å². The van der Waals surface area contributed by atoms with Crippen LogP contribution in [0.2, 0.25) is 10.0 Å². The van der Waals surface area contributed by atoms with E-state index < -0.39 is 15.9 Å². The third-order valence-electron chi connectivity index (χ3n) is 3.27. The molecule has 134 valence electrons. The first-order chi connectivity index (χ1) is 11.7. The first-order valence-corrected chi connectivity index (χ1v) is 9.30. The summed E-state index contributed by atoms with van der Waals surface area (Å²) in [6.45, 7) is 0.153. The van der Waals surface area contributed by atoms with E-state index in [1.54, 1.807) is 0 Å². The summed E-state index contributed by atoms with van der Waals surface area (Å²) in [6, 6.07) is 11.6. The first-order valence-electron chi connectivity index (χ1n) is 7.11. The Balaban J connectivity index is 2.19. The van der Waals surface area contributed by atoms with Crippen molar-refractivity contribution in [3.63, 3.8) is 0 Å². The topological polar surface area (TPSA) is 75.7 Å². The van der Waals surface area contributed by atoms with Gasteiger partial charge in [0.2, 0.25) is 10.0 Å². The molecule has 2 rings (SSSR count). The van der Waals surface area contributed by atoms with Gasteiger partial charge < -0.3 is 0 Å². The van der Waals surface area contributed by atoms with Gasteiger partial charge in [-0.1, -0.05) is 53.5 Å². The Hall–Kier alpha value is -1.64. The van der Waals surface area contributed by atoms with Gasteiger partial charge in [-0.05, 0) is 17.7 Å². The molecule has 0 fully saturated rings. The third-order valence-corrected chi connectivity index (χ3v) is 5.86. The van der Waals surface area contributed by atoms with Crippen molar-refractivity contribution in [1.82, 2.24) is 9.79 Å². The monoisotopic (exact) mass is 402 g/mol. The molecule has 2 aromatic rings. The van der Waals surface area contributed by atoms with Crippen molar-refractivity contribution >= 4 is 39.1 Å². The van der Waals surface area contributed by atoms with E-state index in [1.165, 1.54) is 20.2 Å². The molecule has 0 spiro atoms. The lowest BCUT2D eigenvalue weighted by molar-refractivity contribution is 0.0233. The maximum absolute atomic E-state index is 12.3. The van der Waals surface area contributed by atoms with Crippen molar-refractivity contribution < 1.29 is 18.0 Å². The number of nitrogens with zero attached hydrogens (tertiary/aromatic N) is 1. The zero-order chi connectivity index (χ0) is 18.6. The molecule has 0 bridgehead atoms. The summed E-state index contributed by atoms with van der Waals surface area (Å²) >= 11 is 12.0. The molecule has 0 saturated carbocycles. The Bertz CT molecular complexity index is 871. The van der Waals surface area contributed by atoms with E-state index in [4.69, 9.17) is 28.0 Å². The Labute approximate surface area is 156 Å². The van der Waals surface area contributed by atoms with Gasteiger partial charge in [-0.2, -0.15) is 0 Å². The zero-order valence-corrected chi connectivity index (χ0v) is 15.8. The minimum Gasteiger partial charge on any atom is -0.269 e. The van der Waals surface area contributed by atoms with E-state index >= 15 is 0 Å². The lowest BCUT2D eigenvalue weighted by Crippen LogP contribution is -2.26. The Kier molecular flexibility index (Phi) is 6.42. The van der Waals surface area contributed by atoms with Gasteiger partial charge in [-0.3, -0.25) is 9.63 Å². The van der Waals surface area contributed by atoms with Crippen LogP contribution in [-0.4, -0.2) is 32.7 Å². The third kappa shape index (κ3) is 4.71. The van der Waals surface area contributed by atoms with Crippen LogP contribution >= 0.6 is 23.2 Å². The van der Waals surface area contributed by atoms with Crippen LogP contribution in [-0.2, 0) is 21.5 Å². The minimum atomic E-state index is -3.82. The summed E-state index contributed by atoms with van der Waals surface area (Å²) in [4.78, 5) is 17.2. The number of sulfonamides is 1. The summed E-state index contributed by atoms with van der Waals surface area (Å²) in [6.07, 6.45) is 0. The Morgan fingerprint density at radius 2 is 1.76 bits per heavy atom. The number of carbonyl (C=O) groups is 1. The van der Waals surface area contributed by atoms with Gasteiger partial charge in [-0.15, -0.1) is 0 Å². The molecular weight excluding hydrogens is 387 g/mol. The van der Waals surface area contributed by atoms with E-state index in [1.807, 2.05) is 30.3 Å². The van der Waals surface area contributed by atoms with E-state index in [0.717, 1.165) is 15.9 Å². The second-order valence-electron chi connectivity index (χ2n) is 5.26. The Morgan fingerprint density at radius 1 is 1.12 bits per heavy atom. The highest BCUT2D eigenvalue weighted by molar-refractivity contribution is 7.89. The van der Waals surface area contributed by atoms with Crippen molar-refractivity contribution in [1.29, 1.82) is 0 Å². The highest BCUT2D eigenvalue weighted by Gasteiger charge is 2.24. The van der Waals surface area contributed by atoms with Gasteiger partial charge in [0, 0.05) is 14.1 Å². The quantitative estimate of drug-likeness (QED) is 0.753. The SMILES string of the molecule is CN(C)S(=O)(=O)c1cc(C(=O)NOCc2ccccc2)c(Cl)cc1Cl. The molecule has 0 heterocycles. The average Bonchev–Trinajstić information content (AvgIpc) is 2.55. The van der Waals surface area contributed by atoms with Crippen LogP contribution in [0.3, 0.4) is 0 Å². The molecule has 0 aromatic heterocycles. The van der Waals surface area contributed by atoms with Gasteiger partial charge in [0.1, 0.15) is 4.90 Å². The molecule has 0 unspecified atom stereocenters. The standard InChI is InChI=1S/C16H16Cl2N2O4S/c1-20(2)25(22,23)15-8-12(13(17)9-14(15)18)16(21)19-24-10-11-6-4-3-5-7-11/h3-9H,10H2,1-2H3,(H,19,21). The summed E-state index contributed by atoms with van der Waals surface area (Å²) < 4.78 is 25.5. The number of hydrogen-bond donors (Lipinski definition) is 1. The van der Waals surface area contributed by atoms with Crippen molar-refractivity contribution in [2.45, 2.75) is 11.5 Å². The molecule has 0 radical (unpaired) electrons. The number of hydrogen-bond acceptors (Lipinski definition) is 4. The van der Waals surface area contributed by atoms with Crippen LogP contribution < -0.4 is 5.48 Å². The van der Waals surface area contributed by atoms with Crippen molar-refractivity contribution in [2.24, 2.45) is 0 Å². The number of hydroxylamine groups is 1. The number of nitrogens with one attached hydrogen (secondary N) is 1. The molecule has 2 aromatic carbocycles. The molecule has 0 saturated heterocycles. The molecule has 9 heteroatoms. The summed E-state index contributed by atoms with van der Waals surface area (Å²) in [7, 11) is -1.09. The fourth-order valence-corrected chi connectivity index (χ4v) is 3.64. The number of carbonyl (C=O) groups excluding carboxylic acids is 1. The van der Waals surface area contributed by atoms with E-state index in [2.05, 4.69) is 5.48 Å². The highest BCUT2D eigenvalue weighted by atomic mass is 35.5. The molecule has 0 aliphatic heterocycles. The second-order valence-corrected chi connectivity index (χ2v) is 8.19. The maximum atomic E-state index is 12.3. The van der Waals surface area contributed by atoms with Gasteiger partial charge in [0.25, 0.3) is 5.91 Å². The fraction of sp³-hybridized carbons (Fsp3) is 0.188. The predicted octanol–water partition coefficient (Wildman–Crippen LogP) is 3.11. The lowest BCUT2D eigenvalue weighted by Gasteiger charge is -2.15. The van der Waals surface area contributed by atoms with Crippen LogP contribution in [0, 0.1) is 0 Å². The van der Waals surface area contributed by atoms with Crippen molar-refractivity contribution in [3.05, 3.63) is 63.6 Å². The predicted molar refractivity (Wildman–Crippen MR) is 96.0 cm³/mol. The molecule has 0 aliphatic rings. The van der Waals surface area contributed by atoms with Gasteiger partial charge in [0.05, 0.1) is 22.2 Å². The molecule has 0 atom stereocenters. The van der Waals surface area contributed by atoms with Crippen molar-refractivity contribution in [2.75, 3.05) is 14.1 Å². The molecular formula is C16H16Cl2N2O4S. The first kappa shape index (κ1) is 19.7. The molecule has 1 N–H and O–H groups in total.